The molecule has 1 saturated carbocycles. The molecule has 166 valence electrons. The number of carbonyl (C=O) groups is 1. The number of rotatable bonds is 6. The largest absolute Gasteiger partial charge is 0.495 e. The number of amides is 1. The van der Waals surface area contributed by atoms with Crippen LogP contribution in [0.3, 0.4) is 0 Å². The number of anilines is 1. The van der Waals surface area contributed by atoms with Gasteiger partial charge in [-0.1, -0.05) is 0 Å². The van der Waals surface area contributed by atoms with Crippen LogP contribution in [0, 0.1) is 11.6 Å². The number of alkyl halides is 1. The Hall–Kier alpha value is -3.69. The van der Waals surface area contributed by atoms with Crippen LogP contribution in [0.4, 0.5) is 19.1 Å². The molecule has 1 amide bonds. The number of hydrogen-bond donors (Lipinski definition) is 1. The number of aromatic nitrogens is 3. The van der Waals surface area contributed by atoms with E-state index in [0.717, 1.165) is 6.07 Å². The van der Waals surface area contributed by atoms with Crippen molar-refractivity contribution in [3.63, 3.8) is 0 Å². The Morgan fingerprint density at radius 1 is 1.16 bits per heavy atom. The van der Waals surface area contributed by atoms with Gasteiger partial charge in [0, 0.05) is 44.0 Å². The highest BCUT2D eigenvalue weighted by Gasteiger charge is 2.52. The van der Waals surface area contributed by atoms with Crippen molar-refractivity contribution in [1.29, 1.82) is 0 Å². The van der Waals surface area contributed by atoms with Crippen molar-refractivity contribution in [3.8, 4) is 16.9 Å². The van der Waals surface area contributed by atoms with E-state index in [1.165, 1.54) is 43.9 Å². The summed E-state index contributed by atoms with van der Waals surface area (Å²) in [5.74, 6) is -1.82. The zero-order valence-corrected chi connectivity index (χ0v) is 17.3. The normalized spacial score (nSPS) is 19.8. The van der Waals surface area contributed by atoms with E-state index < -0.39 is 29.3 Å². The summed E-state index contributed by atoms with van der Waals surface area (Å²) in [6.07, 6.45) is 3.10. The van der Waals surface area contributed by atoms with E-state index >= 15 is 0 Å². The van der Waals surface area contributed by atoms with Crippen molar-refractivity contribution >= 4 is 11.9 Å². The van der Waals surface area contributed by atoms with Gasteiger partial charge in [-0.15, -0.1) is 0 Å². The first kappa shape index (κ1) is 21.5. The number of halogens is 3. The van der Waals surface area contributed by atoms with E-state index in [-0.39, 0.29) is 46.9 Å². The molecule has 0 unspecified atom stereocenters. The lowest BCUT2D eigenvalue weighted by Crippen LogP contribution is -2.56. The van der Waals surface area contributed by atoms with E-state index in [1.54, 1.807) is 11.9 Å². The van der Waals surface area contributed by atoms with E-state index in [9.17, 15) is 18.0 Å². The monoisotopic (exact) mass is 443 g/mol. The van der Waals surface area contributed by atoms with Gasteiger partial charge in [0.1, 0.15) is 29.2 Å². The third-order valence-electron chi connectivity index (χ3n) is 5.76. The molecule has 1 fully saturated rings. The average molecular weight is 443 g/mol. The fourth-order valence-corrected chi connectivity index (χ4v) is 4.08. The maximum Gasteiger partial charge on any atom is 0.252 e. The summed E-state index contributed by atoms with van der Waals surface area (Å²) in [6.45, 7) is 0. The first-order chi connectivity index (χ1) is 15.3. The molecule has 2 aromatic heterocycles. The van der Waals surface area contributed by atoms with E-state index in [1.807, 2.05) is 0 Å². The predicted molar refractivity (Wildman–Crippen MR) is 111 cm³/mol. The molecule has 1 aliphatic rings. The molecule has 4 rings (SSSR count). The van der Waals surface area contributed by atoms with E-state index in [4.69, 9.17) is 10.5 Å². The third kappa shape index (κ3) is 3.41. The number of ether oxygens (including phenoxy) is 1. The van der Waals surface area contributed by atoms with Crippen LogP contribution in [0.2, 0.25) is 0 Å². The highest BCUT2D eigenvalue weighted by atomic mass is 19.1. The zero-order chi connectivity index (χ0) is 23.0. The Morgan fingerprint density at radius 3 is 2.41 bits per heavy atom. The van der Waals surface area contributed by atoms with Gasteiger partial charge in [0.25, 0.3) is 5.91 Å². The highest BCUT2D eigenvalue weighted by Crippen LogP contribution is 2.48. The number of primary amides is 1. The molecule has 7 nitrogen and oxygen atoms in total. The minimum Gasteiger partial charge on any atom is -0.495 e. The molecule has 0 aliphatic heterocycles. The summed E-state index contributed by atoms with van der Waals surface area (Å²) in [5, 5.41) is 0. The van der Waals surface area contributed by atoms with Gasteiger partial charge < -0.3 is 15.4 Å². The van der Waals surface area contributed by atoms with Crippen LogP contribution >= 0.6 is 0 Å². The summed E-state index contributed by atoms with van der Waals surface area (Å²) < 4.78 is 48.2. The van der Waals surface area contributed by atoms with Crippen LogP contribution in [0.5, 0.6) is 5.75 Å². The first-order valence-corrected chi connectivity index (χ1v) is 9.76. The molecule has 3 aromatic rings. The molecule has 32 heavy (non-hydrogen) atoms. The molecular formula is C22H20F3N5O2. The highest BCUT2D eigenvalue weighted by molar-refractivity contribution is 5.98. The van der Waals surface area contributed by atoms with E-state index in [2.05, 4.69) is 15.0 Å². The van der Waals surface area contributed by atoms with Crippen LogP contribution in [-0.4, -0.2) is 41.2 Å². The Kier molecular flexibility index (Phi) is 5.45. The van der Waals surface area contributed by atoms with Gasteiger partial charge in [0.05, 0.1) is 23.8 Å². The lowest BCUT2D eigenvalue weighted by Gasteiger charge is -2.49. The van der Waals surface area contributed by atoms with Gasteiger partial charge in [0.15, 0.2) is 0 Å². The number of pyridine rings is 1. The third-order valence-corrected chi connectivity index (χ3v) is 5.76. The van der Waals surface area contributed by atoms with Crippen molar-refractivity contribution in [2.24, 2.45) is 5.73 Å². The Bertz CT molecular complexity index is 1170. The fraction of sp³-hybridized carbons (Fsp3) is 0.273. The zero-order valence-electron chi connectivity index (χ0n) is 17.3. The summed E-state index contributed by atoms with van der Waals surface area (Å²) in [6, 6.07) is 5.07. The molecule has 1 aliphatic carbocycles. The SMILES string of the molecule is COc1c(C(N)=O)ccc(F)c1-c1cnc(N(C)[C@]2(c3ncccc3F)C[C@@H](F)C2)nc1. The summed E-state index contributed by atoms with van der Waals surface area (Å²) >= 11 is 0. The number of methoxy groups -OCH3 is 1. The van der Waals surface area contributed by atoms with Crippen LogP contribution in [0.15, 0.2) is 42.9 Å². The van der Waals surface area contributed by atoms with Crippen LogP contribution < -0.4 is 15.4 Å². The number of nitrogens with zero attached hydrogens (tertiary/aromatic N) is 4. The molecule has 0 radical (unpaired) electrons. The molecule has 2 heterocycles. The molecular weight excluding hydrogens is 423 g/mol. The van der Waals surface area contributed by atoms with Crippen LogP contribution in [0.25, 0.3) is 11.1 Å². The molecule has 2 N–H and O–H groups in total. The maximum atomic E-state index is 14.6. The molecule has 0 spiro atoms. The smallest absolute Gasteiger partial charge is 0.252 e. The van der Waals surface area contributed by atoms with Crippen molar-refractivity contribution in [1.82, 2.24) is 15.0 Å². The van der Waals surface area contributed by atoms with Crippen molar-refractivity contribution in [3.05, 3.63) is 65.7 Å². The van der Waals surface area contributed by atoms with Crippen molar-refractivity contribution < 1.29 is 22.7 Å². The van der Waals surface area contributed by atoms with Crippen molar-refractivity contribution in [2.45, 2.75) is 24.6 Å². The second-order valence-electron chi connectivity index (χ2n) is 7.57. The van der Waals surface area contributed by atoms with Gasteiger partial charge >= 0.3 is 0 Å². The molecule has 0 saturated heterocycles. The van der Waals surface area contributed by atoms with Crippen LogP contribution in [0.1, 0.15) is 28.9 Å². The molecule has 10 heteroatoms. The summed E-state index contributed by atoms with van der Waals surface area (Å²) in [4.78, 5) is 25.9. The number of benzene rings is 1. The molecule has 0 atom stereocenters. The topological polar surface area (TPSA) is 94.2 Å². The van der Waals surface area contributed by atoms with Gasteiger partial charge in [-0.05, 0) is 24.3 Å². The minimum atomic E-state index is -1.10. The van der Waals surface area contributed by atoms with E-state index in [0.29, 0.717) is 0 Å². The second-order valence-corrected chi connectivity index (χ2v) is 7.57. The first-order valence-electron chi connectivity index (χ1n) is 9.76. The predicted octanol–water partition coefficient (Wildman–Crippen LogP) is 3.39. The standard InChI is InChI=1S/C22H20F3N5O2/c1-30(22(8-13(23)9-22)19-16(25)4-3-7-27-19)21-28-10-12(11-29-21)17-15(24)6-5-14(20(26)31)18(17)32-2/h3-7,10-11,13H,8-9H2,1-2H3,(H2,26,31)/t13-,22-. The van der Waals surface area contributed by atoms with Gasteiger partial charge in [-0.3, -0.25) is 9.78 Å². The number of hydrogen-bond acceptors (Lipinski definition) is 6. The molecule has 1 aromatic carbocycles. The van der Waals surface area contributed by atoms with Gasteiger partial charge in [0.2, 0.25) is 5.95 Å². The lowest BCUT2D eigenvalue weighted by atomic mass is 9.71. The Labute approximate surface area is 182 Å². The minimum absolute atomic E-state index is 0.0122. The summed E-state index contributed by atoms with van der Waals surface area (Å²) in [7, 11) is 2.92. The average Bonchev–Trinajstić information content (AvgIpc) is 2.76. The lowest BCUT2D eigenvalue weighted by molar-refractivity contribution is 0.0860. The van der Waals surface area contributed by atoms with Crippen molar-refractivity contribution in [2.75, 3.05) is 19.1 Å². The Morgan fingerprint density at radius 2 is 1.84 bits per heavy atom. The second kappa shape index (κ2) is 8.10. The Balaban J connectivity index is 1.73. The summed E-state index contributed by atoms with van der Waals surface area (Å²) in [5.41, 5.74) is 4.67. The number of nitrogens with two attached hydrogens (primary N) is 1. The van der Waals surface area contributed by atoms with Crippen LogP contribution in [-0.2, 0) is 5.54 Å². The quantitative estimate of drug-likeness (QED) is 0.628. The number of carbonyl (C=O) groups excluding carboxylic acids is 1. The van der Waals surface area contributed by atoms with Gasteiger partial charge in [-0.25, -0.2) is 23.1 Å². The molecule has 0 bridgehead atoms. The van der Waals surface area contributed by atoms with Gasteiger partial charge in [-0.2, -0.15) is 0 Å². The fourth-order valence-electron chi connectivity index (χ4n) is 4.08. The maximum absolute atomic E-state index is 14.6.